The van der Waals surface area contributed by atoms with E-state index in [0.717, 1.165) is 5.56 Å². The van der Waals surface area contributed by atoms with Crippen LogP contribution in [0, 0.1) is 5.82 Å². The zero-order valence-corrected chi connectivity index (χ0v) is 12.5. The molecule has 1 rings (SSSR count). The second-order valence-corrected chi connectivity index (χ2v) is 6.31. The molecule has 1 aromatic rings. The number of hydrogen-bond acceptors (Lipinski definition) is 2. The number of alkyl halides is 1. The van der Waals surface area contributed by atoms with E-state index in [2.05, 4.69) is 22.6 Å². The van der Waals surface area contributed by atoms with Crippen molar-refractivity contribution in [3.8, 4) is 0 Å². The standard InChI is InChI=1S/C13H18FIO2/c1-9(15)10-4-5-11(12(14)8-10)13(2,3)17-7-6-16/h4-5,8-9,16H,6-7H2,1-3H3. The highest BCUT2D eigenvalue weighted by atomic mass is 127. The van der Waals surface area contributed by atoms with Gasteiger partial charge in [-0.2, -0.15) is 0 Å². The Kier molecular flexibility index (Phi) is 5.34. The molecule has 0 spiro atoms. The van der Waals surface area contributed by atoms with Gasteiger partial charge < -0.3 is 9.84 Å². The summed E-state index contributed by atoms with van der Waals surface area (Å²) < 4.78 is 19.7. The lowest BCUT2D eigenvalue weighted by Gasteiger charge is -2.26. The number of aliphatic hydroxyl groups is 1. The van der Waals surface area contributed by atoms with E-state index in [-0.39, 0.29) is 23.0 Å². The zero-order chi connectivity index (χ0) is 13.1. The Bertz CT molecular complexity index is 378. The first-order chi connectivity index (χ1) is 7.88. The van der Waals surface area contributed by atoms with Crippen molar-refractivity contribution < 1.29 is 14.2 Å². The second kappa shape index (κ2) is 6.11. The molecular weight excluding hydrogens is 334 g/mol. The number of halogens is 2. The Hall–Kier alpha value is -0.200. The molecule has 0 aromatic heterocycles. The van der Waals surface area contributed by atoms with Crippen LogP contribution in [0.25, 0.3) is 0 Å². The van der Waals surface area contributed by atoms with Crippen LogP contribution in [0.4, 0.5) is 4.39 Å². The molecule has 96 valence electrons. The van der Waals surface area contributed by atoms with Crippen LogP contribution < -0.4 is 0 Å². The van der Waals surface area contributed by atoms with E-state index in [4.69, 9.17) is 9.84 Å². The number of benzene rings is 1. The number of aliphatic hydroxyl groups excluding tert-OH is 1. The predicted molar refractivity (Wildman–Crippen MR) is 74.9 cm³/mol. The molecule has 0 saturated heterocycles. The minimum atomic E-state index is -0.722. The normalized spacial score (nSPS) is 13.8. The first-order valence-electron chi connectivity index (χ1n) is 5.57. The maximum absolute atomic E-state index is 14.0. The maximum Gasteiger partial charge on any atom is 0.129 e. The lowest BCUT2D eigenvalue weighted by Crippen LogP contribution is -2.24. The summed E-state index contributed by atoms with van der Waals surface area (Å²) in [7, 11) is 0. The molecule has 17 heavy (non-hydrogen) atoms. The number of ether oxygens (including phenoxy) is 1. The summed E-state index contributed by atoms with van der Waals surface area (Å²) in [6.07, 6.45) is 0. The van der Waals surface area contributed by atoms with Gasteiger partial charge in [0.15, 0.2) is 0 Å². The summed E-state index contributed by atoms with van der Waals surface area (Å²) in [6.45, 7) is 5.76. The van der Waals surface area contributed by atoms with Gasteiger partial charge in [-0.25, -0.2) is 4.39 Å². The summed E-state index contributed by atoms with van der Waals surface area (Å²) in [6, 6.07) is 5.23. The largest absolute Gasteiger partial charge is 0.394 e. The van der Waals surface area contributed by atoms with Crippen molar-refractivity contribution in [3.63, 3.8) is 0 Å². The molecule has 0 radical (unpaired) electrons. The minimum Gasteiger partial charge on any atom is -0.394 e. The first-order valence-corrected chi connectivity index (χ1v) is 6.82. The van der Waals surface area contributed by atoms with E-state index in [0.29, 0.717) is 5.56 Å². The molecule has 0 fully saturated rings. The third-order valence-corrected chi connectivity index (χ3v) is 3.37. The van der Waals surface area contributed by atoms with Gasteiger partial charge in [0.05, 0.1) is 18.8 Å². The average molecular weight is 352 g/mol. The fraction of sp³-hybridized carbons (Fsp3) is 0.538. The van der Waals surface area contributed by atoms with Crippen molar-refractivity contribution in [2.75, 3.05) is 13.2 Å². The van der Waals surface area contributed by atoms with Gasteiger partial charge in [0, 0.05) is 9.49 Å². The summed E-state index contributed by atoms with van der Waals surface area (Å²) in [4.78, 5) is 0. The molecule has 0 aliphatic rings. The highest BCUT2D eigenvalue weighted by Gasteiger charge is 2.25. The minimum absolute atomic E-state index is 0.0616. The average Bonchev–Trinajstić information content (AvgIpc) is 2.25. The van der Waals surface area contributed by atoms with Gasteiger partial charge >= 0.3 is 0 Å². The fourth-order valence-electron chi connectivity index (χ4n) is 1.65. The topological polar surface area (TPSA) is 29.5 Å². The molecule has 1 atom stereocenters. The van der Waals surface area contributed by atoms with Crippen LogP contribution in [0.3, 0.4) is 0 Å². The Morgan fingerprint density at radius 3 is 2.59 bits per heavy atom. The van der Waals surface area contributed by atoms with Gasteiger partial charge in [0.1, 0.15) is 5.82 Å². The van der Waals surface area contributed by atoms with E-state index < -0.39 is 5.60 Å². The monoisotopic (exact) mass is 352 g/mol. The molecule has 0 aliphatic carbocycles. The highest BCUT2D eigenvalue weighted by molar-refractivity contribution is 14.1. The van der Waals surface area contributed by atoms with Gasteiger partial charge in [-0.1, -0.05) is 34.7 Å². The number of rotatable bonds is 5. The summed E-state index contributed by atoms with van der Waals surface area (Å²) in [5.74, 6) is -0.256. The predicted octanol–water partition coefficient (Wildman–Crippen LogP) is 3.57. The van der Waals surface area contributed by atoms with Gasteiger partial charge in [0.25, 0.3) is 0 Å². The Morgan fingerprint density at radius 2 is 2.12 bits per heavy atom. The quantitative estimate of drug-likeness (QED) is 0.649. The highest BCUT2D eigenvalue weighted by Crippen LogP contribution is 2.30. The molecule has 1 N–H and O–H groups in total. The van der Waals surface area contributed by atoms with E-state index in [9.17, 15) is 4.39 Å². The Balaban J connectivity index is 2.98. The third kappa shape index (κ3) is 3.89. The summed E-state index contributed by atoms with van der Waals surface area (Å²) >= 11 is 2.25. The van der Waals surface area contributed by atoms with Crippen LogP contribution >= 0.6 is 22.6 Å². The fourth-order valence-corrected chi connectivity index (χ4v) is 2.03. The van der Waals surface area contributed by atoms with Crippen LogP contribution in [-0.4, -0.2) is 18.3 Å². The molecule has 0 aliphatic heterocycles. The van der Waals surface area contributed by atoms with Crippen LogP contribution in [-0.2, 0) is 10.3 Å². The lowest BCUT2D eigenvalue weighted by atomic mass is 9.95. The Morgan fingerprint density at radius 1 is 1.47 bits per heavy atom. The van der Waals surface area contributed by atoms with Gasteiger partial charge in [-0.05, 0) is 32.4 Å². The smallest absolute Gasteiger partial charge is 0.129 e. The molecular formula is C13H18FIO2. The van der Waals surface area contributed by atoms with Gasteiger partial charge in [-0.3, -0.25) is 0 Å². The van der Waals surface area contributed by atoms with Crippen LogP contribution in [0.2, 0.25) is 0 Å². The van der Waals surface area contributed by atoms with Crippen LogP contribution in [0.15, 0.2) is 18.2 Å². The molecule has 0 heterocycles. The molecule has 0 saturated carbocycles. The summed E-state index contributed by atoms with van der Waals surface area (Å²) in [5.41, 5.74) is 0.761. The zero-order valence-electron chi connectivity index (χ0n) is 10.3. The van der Waals surface area contributed by atoms with Gasteiger partial charge in [0.2, 0.25) is 0 Å². The molecule has 2 nitrogen and oxygen atoms in total. The second-order valence-electron chi connectivity index (χ2n) is 4.44. The van der Waals surface area contributed by atoms with E-state index in [1.54, 1.807) is 26.0 Å². The molecule has 1 aromatic carbocycles. The summed E-state index contributed by atoms with van der Waals surface area (Å²) in [5, 5.41) is 8.74. The van der Waals surface area contributed by atoms with Crippen molar-refractivity contribution >= 4 is 22.6 Å². The lowest BCUT2D eigenvalue weighted by molar-refractivity contribution is -0.0390. The van der Waals surface area contributed by atoms with Crippen molar-refractivity contribution in [1.29, 1.82) is 0 Å². The van der Waals surface area contributed by atoms with Crippen molar-refractivity contribution in [2.45, 2.75) is 30.3 Å². The van der Waals surface area contributed by atoms with Crippen molar-refractivity contribution in [2.24, 2.45) is 0 Å². The molecule has 0 amide bonds. The molecule has 4 heteroatoms. The van der Waals surface area contributed by atoms with Crippen molar-refractivity contribution in [1.82, 2.24) is 0 Å². The molecule has 1 unspecified atom stereocenters. The van der Waals surface area contributed by atoms with Crippen LogP contribution in [0.5, 0.6) is 0 Å². The first kappa shape index (κ1) is 14.9. The van der Waals surface area contributed by atoms with Crippen molar-refractivity contribution in [3.05, 3.63) is 35.1 Å². The SMILES string of the molecule is CC(I)c1ccc(C(C)(C)OCCO)c(F)c1. The maximum atomic E-state index is 14.0. The van der Waals surface area contributed by atoms with Crippen LogP contribution in [0.1, 0.15) is 35.8 Å². The number of hydrogen-bond donors (Lipinski definition) is 1. The van der Waals surface area contributed by atoms with Gasteiger partial charge in [-0.15, -0.1) is 0 Å². The Labute approximate surface area is 115 Å². The van der Waals surface area contributed by atoms with E-state index in [1.807, 2.05) is 13.0 Å². The van der Waals surface area contributed by atoms with E-state index >= 15 is 0 Å². The van der Waals surface area contributed by atoms with E-state index in [1.165, 1.54) is 0 Å². The molecule has 0 bridgehead atoms. The third-order valence-electron chi connectivity index (χ3n) is 2.66.